The Kier molecular flexibility index (Phi) is 8.71. The minimum absolute atomic E-state index is 0.122. The molecule has 1 heterocycles. The maximum atomic E-state index is 13.6. The molecule has 0 fully saturated rings. The summed E-state index contributed by atoms with van der Waals surface area (Å²) in [5.74, 6) is -3.12. The molecule has 0 aliphatic carbocycles. The summed E-state index contributed by atoms with van der Waals surface area (Å²) in [6.45, 7) is 1.52. The molecular formula is C26H21F6N3O5. The summed E-state index contributed by atoms with van der Waals surface area (Å²) in [7, 11) is 0. The van der Waals surface area contributed by atoms with Crippen molar-refractivity contribution in [2.75, 3.05) is 17.2 Å². The average Bonchev–Trinajstić information content (AvgIpc) is 2.84. The number of carbonyl (C=O) groups is 3. The summed E-state index contributed by atoms with van der Waals surface area (Å²) < 4.78 is 82.6. The van der Waals surface area contributed by atoms with Gasteiger partial charge in [0.25, 0.3) is 0 Å². The summed E-state index contributed by atoms with van der Waals surface area (Å²) in [5, 5.41) is 12.7. The number of nitrogens with zero attached hydrogens (tertiary/aromatic N) is 1. The molecule has 3 aromatic rings. The first-order valence-corrected chi connectivity index (χ1v) is 11.3. The van der Waals surface area contributed by atoms with Gasteiger partial charge >= 0.3 is 18.4 Å². The van der Waals surface area contributed by atoms with Gasteiger partial charge in [0.2, 0.25) is 5.91 Å². The van der Waals surface area contributed by atoms with Gasteiger partial charge in [0, 0.05) is 23.5 Å². The van der Waals surface area contributed by atoms with Gasteiger partial charge in [-0.2, -0.15) is 26.3 Å². The first-order chi connectivity index (χ1) is 18.5. The molecule has 40 heavy (non-hydrogen) atoms. The van der Waals surface area contributed by atoms with E-state index in [1.165, 1.54) is 12.1 Å². The lowest BCUT2D eigenvalue weighted by Gasteiger charge is -2.19. The van der Waals surface area contributed by atoms with Crippen molar-refractivity contribution in [2.24, 2.45) is 0 Å². The number of rotatable bonds is 8. The summed E-state index contributed by atoms with van der Waals surface area (Å²) in [5.41, 5.74) is -0.0186. The normalized spacial score (nSPS) is 11.6. The Morgan fingerprint density at radius 2 is 1.62 bits per heavy atom. The highest BCUT2D eigenvalue weighted by atomic mass is 19.4. The Morgan fingerprint density at radius 3 is 2.25 bits per heavy atom. The van der Waals surface area contributed by atoms with E-state index in [4.69, 9.17) is 5.11 Å². The number of aromatic nitrogens is 1. The molecule has 0 bridgehead atoms. The highest BCUT2D eigenvalue weighted by Crippen LogP contribution is 2.42. The molecule has 0 spiro atoms. The third-order valence-electron chi connectivity index (χ3n) is 5.39. The van der Waals surface area contributed by atoms with Gasteiger partial charge in [0.05, 0.1) is 23.4 Å². The number of Topliss-reactive ketones (excluding diaryl/α,β-unsaturated/α-hetero) is 1. The first kappa shape index (κ1) is 29.9. The maximum Gasteiger partial charge on any atom is 0.422 e. The van der Waals surface area contributed by atoms with Crippen LogP contribution >= 0.6 is 0 Å². The van der Waals surface area contributed by atoms with Crippen molar-refractivity contribution in [2.45, 2.75) is 32.6 Å². The van der Waals surface area contributed by atoms with Gasteiger partial charge in [-0.3, -0.25) is 19.9 Å². The first-order valence-electron chi connectivity index (χ1n) is 11.3. The molecule has 0 saturated heterocycles. The zero-order valence-electron chi connectivity index (χ0n) is 20.8. The van der Waals surface area contributed by atoms with Crippen LogP contribution in [0.15, 0.2) is 48.7 Å². The van der Waals surface area contributed by atoms with E-state index in [-0.39, 0.29) is 11.6 Å². The minimum atomic E-state index is -5.23. The molecule has 0 unspecified atom stereocenters. The van der Waals surface area contributed by atoms with E-state index in [2.05, 4.69) is 9.72 Å². The second kappa shape index (κ2) is 11.6. The number of anilines is 2. The molecule has 2 amide bonds. The fourth-order valence-electron chi connectivity index (χ4n) is 3.64. The van der Waals surface area contributed by atoms with E-state index in [1.54, 1.807) is 30.6 Å². The summed E-state index contributed by atoms with van der Waals surface area (Å²) in [6, 6.07) is 8.68. The highest BCUT2D eigenvalue weighted by molar-refractivity contribution is 6.12. The highest BCUT2D eigenvalue weighted by Gasteiger charge is 2.37. The number of benzene rings is 2. The lowest BCUT2D eigenvalue weighted by molar-refractivity contribution is -0.158. The van der Waals surface area contributed by atoms with Crippen molar-refractivity contribution in [1.82, 2.24) is 4.98 Å². The Labute approximate surface area is 223 Å². The van der Waals surface area contributed by atoms with E-state index in [0.29, 0.717) is 11.6 Å². The van der Waals surface area contributed by atoms with Crippen LogP contribution in [-0.2, 0) is 11.0 Å². The van der Waals surface area contributed by atoms with Crippen LogP contribution in [0.25, 0.3) is 11.1 Å². The van der Waals surface area contributed by atoms with Gasteiger partial charge in [-0.15, -0.1) is 0 Å². The number of nitrogens with one attached hydrogen (secondary N) is 2. The topological polar surface area (TPSA) is 118 Å². The number of aryl methyl sites for hydroxylation is 2. The number of carbonyl (C=O) groups excluding carboxylic acids is 2. The van der Waals surface area contributed by atoms with Crippen LogP contribution in [-0.4, -0.2) is 40.7 Å². The Balaban J connectivity index is 1.88. The fraction of sp³-hybridized carbons (Fsp3) is 0.231. The van der Waals surface area contributed by atoms with Crippen LogP contribution in [0.5, 0.6) is 5.75 Å². The van der Waals surface area contributed by atoms with Gasteiger partial charge in [-0.1, -0.05) is 18.2 Å². The molecule has 0 aliphatic rings. The largest absolute Gasteiger partial charge is 0.483 e. The van der Waals surface area contributed by atoms with E-state index in [0.717, 1.165) is 16.8 Å². The van der Waals surface area contributed by atoms with Crippen LogP contribution in [0, 0.1) is 13.8 Å². The predicted molar refractivity (Wildman–Crippen MR) is 131 cm³/mol. The average molecular weight is 569 g/mol. The number of pyridine rings is 1. The van der Waals surface area contributed by atoms with E-state index >= 15 is 0 Å². The molecule has 2 aromatic carbocycles. The van der Waals surface area contributed by atoms with Crippen molar-refractivity contribution in [3.8, 4) is 16.9 Å². The molecule has 0 atom stereocenters. The SMILES string of the molecule is Cc1cc(-c2cccc(C(=O)CC(=O)Nc3cc(C(F)(F)F)c(OCC(F)(F)F)cc3NC(=O)O)c2)c(C)cn1. The number of halogens is 6. The van der Waals surface area contributed by atoms with Gasteiger partial charge in [0.1, 0.15) is 5.75 Å². The molecule has 0 aliphatic heterocycles. The monoisotopic (exact) mass is 569 g/mol. The predicted octanol–water partition coefficient (Wildman–Crippen LogP) is 6.63. The lowest BCUT2D eigenvalue weighted by Crippen LogP contribution is -2.22. The Bertz CT molecular complexity index is 1450. The smallest absolute Gasteiger partial charge is 0.422 e. The molecule has 3 N–H and O–H groups in total. The van der Waals surface area contributed by atoms with Gasteiger partial charge in [-0.05, 0) is 48.7 Å². The van der Waals surface area contributed by atoms with Gasteiger partial charge in [-0.25, -0.2) is 4.79 Å². The zero-order chi connectivity index (χ0) is 29.8. The van der Waals surface area contributed by atoms with Crippen molar-refractivity contribution in [1.29, 1.82) is 0 Å². The van der Waals surface area contributed by atoms with Crippen molar-refractivity contribution < 1.29 is 50.6 Å². The molecule has 8 nitrogen and oxygen atoms in total. The Hall–Kier alpha value is -4.62. The van der Waals surface area contributed by atoms with Crippen molar-refractivity contribution in [3.63, 3.8) is 0 Å². The summed E-state index contributed by atoms with van der Waals surface area (Å²) >= 11 is 0. The summed E-state index contributed by atoms with van der Waals surface area (Å²) in [4.78, 5) is 40.8. The zero-order valence-corrected chi connectivity index (χ0v) is 20.8. The second-order valence-corrected chi connectivity index (χ2v) is 8.60. The summed E-state index contributed by atoms with van der Waals surface area (Å²) in [6.07, 6.45) is -11.2. The molecule has 212 valence electrons. The molecule has 0 radical (unpaired) electrons. The van der Waals surface area contributed by atoms with E-state index in [1.807, 2.05) is 18.3 Å². The molecular weight excluding hydrogens is 548 g/mol. The van der Waals surface area contributed by atoms with Crippen molar-refractivity contribution in [3.05, 3.63) is 71.0 Å². The molecule has 3 rings (SSSR count). The number of carboxylic acid groups (broad SMARTS) is 1. The quantitative estimate of drug-likeness (QED) is 0.159. The molecule has 0 saturated carbocycles. The van der Waals surface area contributed by atoms with Gasteiger partial charge < -0.3 is 15.2 Å². The molecule has 14 heteroatoms. The maximum absolute atomic E-state index is 13.6. The fourth-order valence-corrected chi connectivity index (χ4v) is 3.64. The third-order valence-corrected chi connectivity index (χ3v) is 5.39. The number of alkyl halides is 6. The number of ether oxygens (including phenoxy) is 1. The number of ketones is 1. The lowest BCUT2D eigenvalue weighted by atomic mass is 9.97. The Morgan fingerprint density at radius 1 is 0.950 bits per heavy atom. The van der Waals surface area contributed by atoms with Crippen LogP contribution in [0.2, 0.25) is 0 Å². The minimum Gasteiger partial charge on any atom is -0.483 e. The number of amides is 2. The second-order valence-electron chi connectivity index (χ2n) is 8.60. The van der Waals surface area contributed by atoms with Crippen LogP contribution in [0.1, 0.15) is 33.6 Å². The standard InChI is InChI=1S/C26H21F6N3O5/c1-13-11-33-14(2)6-17(13)15-4-3-5-16(7-15)21(36)10-23(37)34-19-8-18(26(30,31)32)22(40-12-25(27,28)29)9-20(19)35-24(38)39/h3-9,11,35H,10,12H2,1-2H3,(H,34,37)(H,38,39). The van der Waals surface area contributed by atoms with Crippen LogP contribution in [0.4, 0.5) is 42.5 Å². The van der Waals surface area contributed by atoms with E-state index < -0.39 is 65.9 Å². The van der Waals surface area contributed by atoms with Gasteiger partial charge in [0.15, 0.2) is 12.4 Å². The van der Waals surface area contributed by atoms with E-state index in [9.17, 15) is 40.7 Å². The number of hydrogen-bond acceptors (Lipinski definition) is 5. The van der Waals surface area contributed by atoms with Crippen LogP contribution < -0.4 is 15.4 Å². The molecule has 1 aromatic heterocycles. The van der Waals surface area contributed by atoms with Crippen molar-refractivity contribution >= 4 is 29.2 Å². The third kappa shape index (κ3) is 7.94. The van der Waals surface area contributed by atoms with Crippen LogP contribution in [0.3, 0.4) is 0 Å². The number of hydrogen-bond donors (Lipinski definition) is 3.